The van der Waals surface area contributed by atoms with Gasteiger partial charge in [-0.25, -0.2) is 0 Å². The number of hydrogen-bond acceptors (Lipinski definition) is 2. The molecule has 80 valence electrons. The molecule has 14 heavy (non-hydrogen) atoms. The lowest BCUT2D eigenvalue weighted by molar-refractivity contribution is -0.163. The van der Waals surface area contributed by atoms with Gasteiger partial charge in [0.2, 0.25) is 0 Å². The second kappa shape index (κ2) is 4.01. The largest absolute Gasteiger partial charge is 0.380 e. The number of carbonyl (C=O) groups is 1. The maximum Gasteiger partial charge on any atom is 0.130 e. The van der Waals surface area contributed by atoms with Crippen LogP contribution < -0.4 is 0 Å². The van der Waals surface area contributed by atoms with E-state index in [1.807, 2.05) is 0 Å². The van der Waals surface area contributed by atoms with Crippen molar-refractivity contribution in [3.05, 3.63) is 0 Å². The van der Waals surface area contributed by atoms with Gasteiger partial charge in [0.25, 0.3) is 0 Å². The first-order valence-electron chi connectivity index (χ1n) is 5.80. The molecule has 2 heteroatoms. The summed E-state index contributed by atoms with van der Waals surface area (Å²) in [6.07, 6.45) is 7.47. The zero-order valence-electron chi connectivity index (χ0n) is 9.05. The standard InChI is InChI=1S/C12H20O2/c1-10(13)7-12(8-14-9-12)11-5-3-2-4-6-11/h11H,2-9H2,1H3. The van der Waals surface area contributed by atoms with Gasteiger partial charge in [0.15, 0.2) is 0 Å². The van der Waals surface area contributed by atoms with Gasteiger partial charge in [-0.1, -0.05) is 19.3 Å². The van der Waals surface area contributed by atoms with Crippen LogP contribution in [-0.4, -0.2) is 19.0 Å². The van der Waals surface area contributed by atoms with E-state index in [-0.39, 0.29) is 5.41 Å². The van der Waals surface area contributed by atoms with Crippen LogP contribution in [0.15, 0.2) is 0 Å². The van der Waals surface area contributed by atoms with Crippen LogP contribution in [0, 0.1) is 11.3 Å². The van der Waals surface area contributed by atoms with Crippen molar-refractivity contribution in [3.8, 4) is 0 Å². The van der Waals surface area contributed by atoms with Gasteiger partial charge >= 0.3 is 0 Å². The summed E-state index contributed by atoms with van der Waals surface area (Å²) in [7, 11) is 0. The fraction of sp³-hybridized carbons (Fsp3) is 0.917. The van der Waals surface area contributed by atoms with Gasteiger partial charge in [0.05, 0.1) is 13.2 Å². The highest BCUT2D eigenvalue weighted by Crippen LogP contribution is 2.46. The third kappa shape index (κ3) is 1.85. The van der Waals surface area contributed by atoms with E-state index in [1.165, 1.54) is 32.1 Å². The van der Waals surface area contributed by atoms with Crippen LogP contribution in [0.4, 0.5) is 0 Å². The second-order valence-corrected chi connectivity index (χ2v) is 5.07. The van der Waals surface area contributed by atoms with Gasteiger partial charge in [-0.05, 0) is 25.7 Å². The van der Waals surface area contributed by atoms with Crippen molar-refractivity contribution >= 4 is 5.78 Å². The number of carbonyl (C=O) groups excluding carboxylic acids is 1. The topological polar surface area (TPSA) is 26.3 Å². The summed E-state index contributed by atoms with van der Waals surface area (Å²) in [6, 6.07) is 0. The number of ketones is 1. The van der Waals surface area contributed by atoms with E-state index in [0.717, 1.165) is 25.6 Å². The second-order valence-electron chi connectivity index (χ2n) is 5.07. The third-order valence-corrected chi connectivity index (χ3v) is 3.85. The van der Waals surface area contributed by atoms with Gasteiger partial charge in [0, 0.05) is 11.8 Å². The normalized spacial score (nSPS) is 26.9. The summed E-state index contributed by atoms with van der Waals surface area (Å²) >= 11 is 0. The van der Waals surface area contributed by atoms with Gasteiger partial charge < -0.3 is 9.53 Å². The molecule has 0 aromatic rings. The molecule has 0 bridgehead atoms. The number of rotatable bonds is 3. The minimum Gasteiger partial charge on any atom is -0.380 e. The first kappa shape index (κ1) is 10.2. The molecule has 1 heterocycles. The summed E-state index contributed by atoms with van der Waals surface area (Å²) in [5.41, 5.74) is 0.242. The summed E-state index contributed by atoms with van der Waals surface area (Å²) in [5.74, 6) is 1.09. The number of ether oxygens (including phenoxy) is 1. The van der Waals surface area contributed by atoms with E-state index in [9.17, 15) is 4.79 Å². The number of Topliss-reactive ketones (excluding diaryl/α,β-unsaturated/α-hetero) is 1. The maximum atomic E-state index is 11.2. The molecule has 1 saturated carbocycles. The first-order valence-corrected chi connectivity index (χ1v) is 5.80. The quantitative estimate of drug-likeness (QED) is 0.693. The van der Waals surface area contributed by atoms with E-state index in [1.54, 1.807) is 6.92 Å². The molecule has 1 aliphatic carbocycles. The predicted molar refractivity (Wildman–Crippen MR) is 55.1 cm³/mol. The Labute approximate surface area is 86.0 Å². The van der Waals surface area contributed by atoms with Crippen LogP contribution >= 0.6 is 0 Å². The van der Waals surface area contributed by atoms with Crippen molar-refractivity contribution in [2.45, 2.75) is 45.4 Å². The molecule has 2 nitrogen and oxygen atoms in total. The smallest absolute Gasteiger partial charge is 0.130 e. The molecule has 1 saturated heterocycles. The summed E-state index contributed by atoms with van der Waals surface area (Å²) in [5, 5.41) is 0. The van der Waals surface area contributed by atoms with Gasteiger partial charge in [-0.15, -0.1) is 0 Å². The van der Waals surface area contributed by atoms with Crippen molar-refractivity contribution < 1.29 is 9.53 Å². The zero-order chi connectivity index (χ0) is 10.0. The minimum absolute atomic E-state index is 0.242. The Morgan fingerprint density at radius 1 is 1.29 bits per heavy atom. The predicted octanol–water partition coefficient (Wildman–Crippen LogP) is 2.56. The van der Waals surface area contributed by atoms with Crippen LogP contribution in [0.25, 0.3) is 0 Å². The molecular formula is C12H20O2. The van der Waals surface area contributed by atoms with Crippen LogP contribution in [0.1, 0.15) is 45.4 Å². The molecule has 0 radical (unpaired) electrons. The van der Waals surface area contributed by atoms with Crippen molar-refractivity contribution in [2.75, 3.05) is 13.2 Å². The molecule has 2 fully saturated rings. The molecule has 1 aliphatic heterocycles. The van der Waals surface area contributed by atoms with Crippen molar-refractivity contribution in [2.24, 2.45) is 11.3 Å². The average Bonchev–Trinajstić information content (AvgIpc) is 2.12. The van der Waals surface area contributed by atoms with Gasteiger partial charge in [-0.3, -0.25) is 0 Å². The van der Waals surface area contributed by atoms with Crippen LogP contribution in [0.5, 0.6) is 0 Å². The summed E-state index contributed by atoms with van der Waals surface area (Å²) in [6.45, 7) is 3.37. The van der Waals surface area contributed by atoms with E-state index in [0.29, 0.717) is 5.78 Å². The van der Waals surface area contributed by atoms with E-state index >= 15 is 0 Å². The fourth-order valence-electron chi connectivity index (χ4n) is 3.06. The SMILES string of the molecule is CC(=O)CC1(C2CCCCC2)COC1. The average molecular weight is 196 g/mol. The Morgan fingerprint density at radius 3 is 2.36 bits per heavy atom. The molecule has 0 aromatic heterocycles. The lowest BCUT2D eigenvalue weighted by Crippen LogP contribution is -2.50. The number of hydrogen-bond donors (Lipinski definition) is 0. The van der Waals surface area contributed by atoms with Gasteiger partial charge in [-0.2, -0.15) is 0 Å². The minimum atomic E-state index is 0.242. The molecule has 2 rings (SSSR count). The Bertz CT molecular complexity index is 212. The Balaban J connectivity index is 1.99. The van der Waals surface area contributed by atoms with E-state index in [4.69, 9.17) is 4.74 Å². The zero-order valence-corrected chi connectivity index (χ0v) is 9.05. The van der Waals surface area contributed by atoms with E-state index in [2.05, 4.69) is 0 Å². The molecular weight excluding hydrogens is 176 g/mol. The van der Waals surface area contributed by atoms with Crippen LogP contribution in [0.3, 0.4) is 0 Å². The highest BCUT2D eigenvalue weighted by molar-refractivity contribution is 5.76. The maximum absolute atomic E-state index is 11.2. The lowest BCUT2D eigenvalue weighted by atomic mass is 9.65. The Hall–Kier alpha value is -0.370. The molecule has 0 aromatic carbocycles. The monoisotopic (exact) mass is 196 g/mol. The summed E-state index contributed by atoms with van der Waals surface area (Å²) in [4.78, 5) is 11.2. The molecule has 0 atom stereocenters. The lowest BCUT2D eigenvalue weighted by Gasteiger charge is -2.48. The van der Waals surface area contributed by atoms with Crippen LogP contribution in [0.2, 0.25) is 0 Å². The molecule has 0 unspecified atom stereocenters. The Kier molecular flexibility index (Phi) is 2.91. The highest BCUT2D eigenvalue weighted by atomic mass is 16.5. The molecule has 0 spiro atoms. The molecule has 0 N–H and O–H groups in total. The van der Waals surface area contributed by atoms with Crippen molar-refractivity contribution in [3.63, 3.8) is 0 Å². The highest BCUT2D eigenvalue weighted by Gasteiger charge is 2.46. The molecule has 2 aliphatic rings. The van der Waals surface area contributed by atoms with E-state index < -0.39 is 0 Å². The van der Waals surface area contributed by atoms with Crippen LogP contribution in [-0.2, 0) is 9.53 Å². The molecule has 0 amide bonds. The Morgan fingerprint density at radius 2 is 1.93 bits per heavy atom. The van der Waals surface area contributed by atoms with Crippen molar-refractivity contribution in [1.29, 1.82) is 0 Å². The van der Waals surface area contributed by atoms with Gasteiger partial charge in [0.1, 0.15) is 5.78 Å². The first-order chi connectivity index (χ1) is 6.73. The summed E-state index contributed by atoms with van der Waals surface area (Å²) < 4.78 is 5.34. The van der Waals surface area contributed by atoms with Crippen molar-refractivity contribution in [1.82, 2.24) is 0 Å². The third-order valence-electron chi connectivity index (χ3n) is 3.85. The fourth-order valence-corrected chi connectivity index (χ4v) is 3.06.